The van der Waals surface area contributed by atoms with E-state index in [4.69, 9.17) is 5.11 Å². The molecule has 0 bridgehead atoms. The summed E-state index contributed by atoms with van der Waals surface area (Å²) in [5, 5.41) is 28.0. The molecule has 0 aliphatic heterocycles. The molecule has 2 atom stereocenters. The van der Waals surface area contributed by atoms with Crippen LogP contribution in [0.2, 0.25) is 0 Å². The minimum Gasteiger partial charge on any atom is -0.478 e. The first-order valence-corrected chi connectivity index (χ1v) is 4.52. The average Bonchev–Trinajstić information content (AvgIpc) is 2.23. The summed E-state index contributed by atoms with van der Waals surface area (Å²) in [5.74, 6) is -1.10. The fraction of sp³-hybridized carbons (Fsp3) is 0.182. The summed E-state index contributed by atoms with van der Waals surface area (Å²) in [7, 11) is 0. The molecule has 1 aromatic rings. The standard InChI is InChI=1S/C11H10O4/c12-8-5-4-6-2-1-3-7(11(14)15)9(6)10(8)13/h1-5,8,10,12-13H,(H,14,15)/t8-,10-/m1/s1. The van der Waals surface area contributed by atoms with E-state index in [1.165, 1.54) is 12.1 Å². The van der Waals surface area contributed by atoms with E-state index >= 15 is 0 Å². The largest absolute Gasteiger partial charge is 0.478 e. The van der Waals surface area contributed by atoms with Crippen LogP contribution in [0.1, 0.15) is 27.6 Å². The van der Waals surface area contributed by atoms with Crippen molar-refractivity contribution in [3.63, 3.8) is 0 Å². The molecule has 0 saturated heterocycles. The highest BCUT2D eigenvalue weighted by molar-refractivity contribution is 5.91. The lowest BCUT2D eigenvalue weighted by molar-refractivity contribution is 0.0446. The van der Waals surface area contributed by atoms with Gasteiger partial charge in [0.25, 0.3) is 0 Å². The molecule has 0 unspecified atom stereocenters. The number of aliphatic hydroxyl groups is 2. The number of carbonyl (C=O) groups is 1. The number of carboxylic acids is 1. The van der Waals surface area contributed by atoms with E-state index in [0.717, 1.165) is 0 Å². The Balaban J connectivity index is 2.64. The van der Waals surface area contributed by atoms with Crippen molar-refractivity contribution in [3.8, 4) is 0 Å². The Labute approximate surface area is 86.1 Å². The minimum atomic E-state index is -1.17. The number of fused-ring (bicyclic) bond motifs is 1. The summed E-state index contributed by atoms with van der Waals surface area (Å²) in [5.41, 5.74) is 0.941. The molecule has 4 heteroatoms. The minimum absolute atomic E-state index is 0.0309. The van der Waals surface area contributed by atoms with Crippen LogP contribution in [0.4, 0.5) is 0 Å². The highest BCUT2D eigenvalue weighted by atomic mass is 16.4. The SMILES string of the molecule is O=C(O)c1cccc2c1[C@H](O)[C@H](O)C=C2. The van der Waals surface area contributed by atoms with Gasteiger partial charge < -0.3 is 15.3 Å². The van der Waals surface area contributed by atoms with Gasteiger partial charge in [-0.2, -0.15) is 0 Å². The highest BCUT2D eigenvalue weighted by Crippen LogP contribution is 2.30. The van der Waals surface area contributed by atoms with E-state index in [1.807, 2.05) is 0 Å². The molecule has 0 aromatic heterocycles. The van der Waals surface area contributed by atoms with Gasteiger partial charge in [0.15, 0.2) is 0 Å². The Morgan fingerprint density at radius 3 is 2.67 bits per heavy atom. The summed E-state index contributed by atoms with van der Waals surface area (Å²) in [6.07, 6.45) is 0.841. The van der Waals surface area contributed by atoms with Crippen molar-refractivity contribution >= 4 is 12.0 Å². The van der Waals surface area contributed by atoms with E-state index < -0.39 is 18.2 Å². The lowest BCUT2D eigenvalue weighted by atomic mass is 9.89. The van der Waals surface area contributed by atoms with Crippen LogP contribution in [0, 0.1) is 0 Å². The van der Waals surface area contributed by atoms with E-state index in [0.29, 0.717) is 5.56 Å². The van der Waals surface area contributed by atoms with E-state index in [9.17, 15) is 15.0 Å². The first kappa shape index (κ1) is 9.89. The summed E-state index contributed by atoms with van der Waals surface area (Å²) < 4.78 is 0. The normalized spacial score (nSPS) is 23.6. The van der Waals surface area contributed by atoms with Gasteiger partial charge in [-0.3, -0.25) is 0 Å². The third-order valence-electron chi connectivity index (χ3n) is 2.46. The van der Waals surface area contributed by atoms with Gasteiger partial charge in [-0.1, -0.05) is 24.3 Å². The van der Waals surface area contributed by atoms with Gasteiger partial charge in [0, 0.05) is 5.56 Å². The van der Waals surface area contributed by atoms with E-state index in [2.05, 4.69) is 0 Å². The maximum atomic E-state index is 10.9. The number of carboxylic acid groups (broad SMARTS) is 1. The molecular formula is C11H10O4. The molecule has 2 rings (SSSR count). The van der Waals surface area contributed by atoms with Crippen LogP contribution in [0.25, 0.3) is 6.08 Å². The van der Waals surface area contributed by atoms with Crippen molar-refractivity contribution in [1.82, 2.24) is 0 Å². The third-order valence-corrected chi connectivity index (χ3v) is 2.46. The molecule has 0 radical (unpaired) electrons. The van der Waals surface area contributed by atoms with Crippen LogP contribution in [-0.2, 0) is 0 Å². The van der Waals surface area contributed by atoms with Crippen LogP contribution < -0.4 is 0 Å². The molecule has 15 heavy (non-hydrogen) atoms. The summed E-state index contributed by atoms with van der Waals surface area (Å²) in [6.45, 7) is 0. The topological polar surface area (TPSA) is 77.8 Å². The lowest BCUT2D eigenvalue weighted by Gasteiger charge is -2.23. The fourth-order valence-corrected chi connectivity index (χ4v) is 1.72. The first-order valence-electron chi connectivity index (χ1n) is 4.52. The number of aromatic carboxylic acids is 1. The zero-order valence-electron chi connectivity index (χ0n) is 7.79. The van der Waals surface area contributed by atoms with Crippen LogP contribution in [0.5, 0.6) is 0 Å². The van der Waals surface area contributed by atoms with E-state index in [-0.39, 0.29) is 11.1 Å². The van der Waals surface area contributed by atoms with Gasteiger partial charge in [0.05, 0.1) is 5.56 Å². The first-order chi connectivity index (χ1) is 7.11. The Bertz CT molecular complexity index is 436. The Morgan fingerprint density at radius 1 is 1.27 bits per heavy atom. The third kappa shape index (κ3) is 1.54. The number of aliphatic hydroxyl groups excluding tert-OH is 2. The van der Waals surface area contributed by atoms with Crippen molar-refractivity contribution < 1.29 is 20.1 Å². The molecule has 4 nitrogen and oxygen atoms in total. The van der Waals surface area contributed by atoms with Crippen molar-refractivity contribution in [3.05, 3.63) is 41.0 Å². The fourth-order valence-electron chi connectivity index (χ4n) is 1.72. The Hall–Kier alpha value is -1.65. The maximum Gasteiger partial charge on any atom is 0.336 e. The molecular weight excluding hydrogens is 196 g/mol. The monoisotopic (exact) mass is 206 g/mol. The molecule has 1 aliphatic carbocycles. The van der Waals surface area contributed by atoms with Crippen molar-refractivity contribution in [2.75, 3.05) is 0 Å². The van der Waals surface area contributed by atoms with Crippen LogP contribution in [0.3, 0.4) is 0 Å². The molecule has 1 aliphatic rings. The number of hydrogen-bond acceptors (Lipinski definition) is 3. The smallest absolute Gasteiger partial charge is 0.336 e. The Morgan fingerprint density at radius 2 is 2.00 bits per heavy atom. The van der Waals surface area contributed by atoms with Gasteiger partial charge in [-0.15, -0.1) is 0 Å². The van der Waals surface area contributed by atoms with Crippen molar-refractivity contribution in [2.45, 2.75) is 12.2 Å². The van der Waals surface area contributed by atoms with Gasteiger partial charge in [-0.05, 0) is 11.6 Å². The van der Waals surface area contributed by atoms with Gasteiger partial charge in [0.1, 0.15) is 12.2 Å². The quantitative estimate of drug-likeness (QED) is 0.635. The average molecular weight is 206 g/mol. The number of rotatable bonds is 1. The van der Waals surface area contributed by atoms with Crippen LogP contribution >= 0.6 is 0 Å². The highest BCUT2D eigenvalue weighted by Gasteiger charge is 2.26. The second-order valence-electron chi connectivity index (χ2n) is 3.41. The van der Waals surface area contributed by atoms with Crippen molar-refractivity contribution in [2.24, 2.45) is 0 Å². The molecule has 0 fully saturated rings. The van der Waals surface area contributed by atoms with Gasteiger partial charge in [0.2, 0.25) is 0 Å². The van der Waals surface area contributed by atoms with Gasteiger partial charge >= 0.3 is 5.97 Å². The summed E-state index contributed by atoms with van der Waals surface area (Å²) >= 11 is 0. The van der Waals surface area contributed by atoms with Crippen LogP contribution in [-0.4, -0.2) is 27.4 Å². The zero-order chi connectivity index (χ0) is 11.0. The van der Waals surface area contributed by atoms with E-state index in [1.54, 1.807) is 18.2 Å². The number of hydrogen-bond donors (Lipinski definition) is 3. The molecule has 0 amide bonds. The maximum absolute atomic E-state index is 10.9. The molecule has 3 N–H and O–H groups in total. The number of benzene rings is 1. The molecule has 78 valence electrons. The summed E-state index contributed by atoms with van der Waals surface area (Å²) in [6, 6.07) is 4.72. The Kier molecular flexibility index (Phi) is 2.30. The second kappa shape index (κ2) is 3.49. The summed E-state index contributed by atoms with van der Waals surface area (Å²) in [4.78, 5) is 10.9. The van der Waals surface area contributed by atoms with Crippen LogP contribution in [0.15, 0.2) is 24.3 Å². The predicted octanol–water partition coefficient (Wildman–Crippen LogP) is 0.806. The zero-order valence-corrected chi connectivity index (χ0v) is 7.79. The van der Waals surface area contributed by atoms with Crippen molar-refractivity contribution in [1.29, 1.82) is 0 Å². The molecule has 1 aromatic carbocycles. The van der Waals surface area contributed by atoms with Gasteiger partial charge in [-0.25, -0.2) is 4.79 Å². The molecule has 0 heterocycles. The molecule has 0 saturated carbocycles. The second-order valence-corrected chi connectivity index (χ2v) is 3.41. The lowest BCUT2D eigenvalue weighted by Crippen LogP contribution is -2.22. The molecule has 0 spiro atoms. The predicted molar refractivity (Wildman–Crippen MR) is 53.4 cm³/mol.